The summed E-state index contributed by atoms with van der Waals surface area (Å²) in [5.74, 6) is 0.364. The summed E-state index contributed by atoms with van der Waals surface area (Å²) < 4.78 is 37.6. The summed E-state index contributed by atoms with van der Waals surface area (Å²) in [7, 11) is 0. The first-order valence-corrected chi connectivity index (χ1v) is 9.12. The molecule has 0 radical (unpaired) electrons. The zero-order valence-electron chi connectivity index (χ0n) is 15.0. The lowest BCUT2D eigenvalue weighted by Crippen LogP contribution is -2.34. The number of likely N-dealkylation sites (tertiary alicyclic amines) is 1. The summed E-state index contributed by atoms with van der Waals surface area (Å²) in [6.45, 7) is 3.32. The quantitative estimate of drug-likeness (QED) is 0.831. The third-order valence-corrected chi connectivity index (χ3v) is 4.94. The molecule has 0 aromatic heterocycles. The first-order chi connectivity index (χ1) is 12.9. The van der Waals surface area contributed by atoms with Crippen LogP contribution in [0.15, 0.2) is 54.6 Å². The fourth-order valence-electron chi connectivity index (χ4n) is 3.45. The van der Waals surface area contributed by atoms with Gasteiger partial charge in [0.1, 0.15) is 0 Å². The maximum atomic E-state index is 12.5. The van der Waals surface area contributed by atoms with Crippen LogP contribution in [-0.2, 0) is 17.4 Å². The van der Waals surface area contributed by atoms with E-state index in [-0.39, 0.29) is 12.3 Å². The van der Waals surface area contributed by atoms with Crippen LogP contribution in [0.5, 0.6) is 0 Å². The van der Waals surface area contributed by atoms with E-state index >= 15 is 0 Å². The summed E-state index contributed by atoms with van der Waals surface area (Å²) in [6.07, 6.45) is -3.15. The third-order valence-electron chi connectivity index (χ3n) is 4.94. The van der Waals surface area contributed by atoms with Crippen LogP contribution in [0.3, 0.4) is 0 Å². The number of benzene rings is 2. The highest BCUT2D eigenvalue weighted by molar-refractivity contribution is 5.78. The molecule has 144 valence electrons. The molecule has 0 aliphatic carbocycles. The summed E-state index contributed by atoms with van der Waals surface area (Å²) >= 11 is 0. The number of carbonyl (C=O) groups is 1. The maximum Gasteiger partial charge on any atom is 0.416 e. The van der Waals surface area contributed by atoms with Crippen LogP contribution in [0.1, 0.15) is 29.0 Å². The predicted octanol–water partition coefficient (Wildman–Crippen LogP) is 3.85. The van der Waals surface area contributed by atoms with Crippen LogP contribution >= 0.6 is 0 Å². The fourth-order valence-corrected chi connectivity index (χ4v) is 3.45. The Kier molecular flexibility index (Phi) is 6.16. The van der Waals surface area contributed by atoms with Crippen molar-refractivity contribution in [3.05, 3.63) is 71.3 Å². The van der Waals surface area contributed by atoms with Gasteiger partial charge in [0.05, 0.1) is 12.0 Å². The van der Waals surface area contributed by atoms with Gasteiger partial charge in [0.15, 0.2) is 0 Å². The molecule has 1 N–H and O–H groups in total. The summed E-state index contributed by atoms with van der Waals surface area (Å²) in [5, 5.41) is 2.85. The van der Waals surface area contributed by atoms with Crippen LogP contribution in [0.2, 0.25) is 0 Å². The fraction of sp³-hybridized carbons (Fsp3) is 0.381. The highest BCUT2D eigenvalue weighted by atomic mass is 19.4. The van der Waals surface area contributed by atoms with Crippen LogP contribution in [0, 0.1) is 0 Å². The Hall–Kier alpha value is -2.34. The minimum Gasteiger partial charge on any atom is -0.355 e. The van der Waals surface area contributed by atoms with Crippen molar-refractivity contribution >= 4 is 5.91 Å². The van der Waals surface area contributed by atoms with E-state index in [4.69, 9.17) is 0 Å². The summed E-state index contributed by atoms with van der Waals surface area (Å²) in [5.41, 5.74) is 1.23. The van der Waals surface area contributed by atoms with Gasteiger partial charge in [-0.3, -0.25) is 4.79 Å². The van der Waals surface area contributed by atoms with E-state index in [1.54, 1.807) is 0 Å². The number of hydrogen-bond donors (Lipinski definition) is 1. The second kappa shape index (κ2) is 8.57. The van der Waals surface area contributed by atoms with Gasteiger partial charge in [0, 0.05) is 19.6 Å². The smallest absolute Gasteiger partial charge is 0.355 e. The Morgan fingerprint density at radius 2 is 1.78 bits per heavy atom. The predicted molar refractivity (Wildman–Crippen MR) is 98.4 cm³/mol. The molecule has 1 heterocycles. The molecule has 0 unspecified atom stereocenters. The van der Waals surface area contributed by atoms with Gasteiger partial charge in [-0.1, -0.05) is 42.5 Å². The molecule has 1 amide bonds. The number of hydrogen-bond acceptors (Lipinski definition) is 2. The van der Waals surface area contributed by atoms with Crippen molar-refractivity contribution in [1.29, 1.82) is 0 Å². The molecule has 1 saturated heterocycles. The van der Waals surface area contributed by atoms with E-state index < -0.39 is 11.7 Å². The average molecular weight is 376 g/mol. The van der Waals surface area contributed by atoms with Crippen LogP contribution in [-0.4, -0.2) is 37.0 Å². The molecule has 6 heteroatoms. The molecule has 1 fully saturated rings. The second-order valence-electron chi connectivity index (χ2n) is 6.92. The lowest BCUT2D eigenvalue weighted by Gasteiger charge is -2.16. The van der Waals surface area contributed by atoms with E-state index in [2.05, 4.69) is 34.5 Å². The Morgan fingerprint density at radius 1 is 1.07 bits per heavy atom. The first-order valence-electron chi connectivity index (χ1n) is 9.12. The number of nitrogens with zero attached hydrogens (tertiary/aromatic N) is 1. The molecule has 2 aromatic carbocycles. The SMILES string of the molecule is O=C(Cc1ccc(C(F)(F)F)cc1)NCCN1CC[C@H](c2ccccc2)C1. The molecule has 3 rings (SSSR count). The molecule has 27 heavy (non-hydrogen) atoms. The first kappa shape index (κ1) is 19.4. The van der Waals surface area contributed by atoms with E-state index in [1.807, 2.05) is 6.07 Å². The number of rotatable bonds is 6. The lowest BCUT2D eigenvalue weighted by atomic mass is 9.99. The Morgan fingerprint density at radius 3 is 2.44 bits per heavy atom. The normalized spacial score (nSPS) is 17.8. The highest BCUT2D eigenvalue weighted by Crippen LogP contribution is 2.29. The van der Waals surface area contributed by atoms with Gasteiger partial charge in [0.2, 0.25) is 5.91 Å². The second-order valence-corrected chi connectivity index (χ2v) is 6.92. The zero-order chi connectivity index (χ0) is 19.3. The van der Waals surface area contributed by atoms with E-state index in [9.17, 15) is 18.0 Å². The van der Waals surface area contributed by atoms with Crippen LogP contribution < -0.4 is 5.32 Å². The van der Waals surface area contributed by atoms with Gasteiger partial charge in [-0.25, -0.2) is 0 Å². The largest absolute Gasteiger partial charge is 0.416 e. The van der Waals surface area contributed by atoms with Crippen molar-refractivity contribution in [2.75, 3.05) is 26.2 Å². The van der Waals surface area contributed by atoms with Crippen molar-refractivity contribution < 1.29 is 18.0 Å². The monoisotopic (exact) mass is 376 g/mol. The maximum absolute atomic E-state index is 12.5. The van der Waals surface area contributed by atoms with Gasteiger partial charge in [0.25, 0.3) is 0 Å². The van der Waals surface area contributed by atoms with Gasteiger partial charge in [-0.2, -0.15) is 13.2 Å². The molecular formula is C21H23F3N2O. The number of nitrogens with one attached hydrogen (secondary N) is 1. The molecule has 0 spiro atoms. The summed E-state index contributed by atoms with van der Waals surface area (Å²) in [6, 6.07) is 15.2. The Bertz CT molecular complexity index is 744. The molecule has 2 aromatic rings. The van der Waals surface area contributed by atoms with Gasteiger partial charge in [-0.15, -0.1) is 0 Å². The van der Waals surface area contributed by atoms with Crippen molar-refractivity contribution in [2.45, 2.75) is 24.9 Å². The van der Waals surface area contributed by atoms with E-state index in [1.165, 1.54) is 17.7 Å². The molecule has 0 saturated carbocycles. The minimum atomic E-state index is -4.35. The van der Waals surface area contributed by atoms with Crippen LogP contribution in [0.4, 0.5) is 13.2 Å². The molecular weight excluding hydrogens is 353 g/mol. The number of halogens is 3. The molecule has 1 aliphatic rings. The van der Waals surface area contributed by atoms with Crippen LogP contribution in [0.25, 0.3) is 0 Å². The standard InChI is InChI=1S/C21H23F3N2O/c22-21(23,24)19-8-6-16(7-9-19)14-20(27)25-11-13-26-12-10-18(15-26)17-4-2-1-3-5-17/h1-9,18H,10-15H2,(H,25,27)/t18-/m0/s1. The zero-order valence-corrected chi connectivity index (χ0v) is 15.0. The van der Waals surface area contributed by atoms with Crippen molar-refractivity contribution in [2.24, 2.45) is 0 Å². The molecule has 1 atom stereocenters. The van der Waals surface area contributed by atoms with E-state index in [0.717, 1.165) is 38.2 Å². The number of alkyl halides is 3. The average Bonchev–Trinajstić information content (AvgIpc) is 3.11. The summed E-state index contributed by atoms with van der Waals surface area (Å²) in [4.78, 5) is 14.3. The number of amides is 1. The van der Waals surface area contributed by atoms with Gasteiger partial charge in [-0.05, 0) is 42.1 Å². The van der Waals surface area contributed by atoms with Crippen molar-refractivity contribution in [3.63, 3.8) is 0 Å². The number of carbonyl (C=O) groups excluding carboxylic acids is 1. The third kappa shape index (κ3) is 5.57. The topological polar surface area (TPSA) is 32.3 Å². The van der Waals surface area contributed by atoms with Gasteiger partial charge >= 0.3 is 6.18 Å². The highest BCUT2D eigenvalue weighted by Gasteiger charge is 2.30. The Labute approximate surface area is 157 Å². The minimum absolute atomic E-state index is 0.0881. The Balaban J connectivity index is 1.39. The molecule has 1 aliphatic heterocycles. The molecule has 3 nitrogen and oxygen atoms in total. The van der Waals surface area contributed by atoms with Crippen molar-refractivity contribution in [3.8, 4) is 0 Å². The lowest BCUT2D eigenvalue weighted by molar-refractivity contribution is -0.137. The van der Waals surface area contributed by atoms with Crippen molar-refractivity contribution in [1.82, 2.24) is 10.2 Å². The molecule has 0 bridgehead atoms. The van der Waals surface area contributed by atoms with E-state index in [0.29, 0.717) is 18.0 Å². The van der Waals surface area contributed by atoms with Gasteiger partial charge < -0.3 is 10.2 Å².